The fraction of sp³-hybridized carbons (Fsp3) is 0.250. The van der Waals surface area contributed by atoms with E-state index in [0.717, 1.165) is 11.8 Å². The zero-order valence-electron chi connectivity index (χ0n) is 7.63. The Balaban J connectivity index is 3.18. The minimum atomic E-state index is -3.88. The fourth-order valence-electron chi connectivity index (χ4n) is 1.03. The summed E-state index contributed by atoms with van der Waals surface area (Å²) in [6.07, 6.45) is 1.59. The Labute approximate surface area is 95.0 Å². The minimum absolute atomic E-state index is 0.128. The predicted molar refractivity (Wildman–Crippen MR) is 56.6 cm³/mol. The molecule has 84 valence electrons. The quantitative estimate of drug-likeness (QED) is 0.627. The van der Waals surface area contributed by atoms with Crippen LogP contribution in [-0.2, 0) is 14.8 Å². The summed E-state index contributed by atoms with van der Waals surface area (Å²) in [5.74, 6) is -2.92. The second-order valence-corrected chi connectivity index (χ2v) is 6.36. The van der Waals surface area contributed by atoms with Crippen molar-refractivity contribution >= 4 is 31.5 Å². The maximum Gasteiger partial charge on any atom is 0.236 e. The molecule has 0 saturated heterocycles. The second-order valence-electron chi connectivity index (χ2n) is 2.74. The molecule has 0 atom stereocenters. The van der Waals surface area contributed by atoms with E-state index >= 15 is 0 Å². The summed E-state index contributed by atoms with van der Waals surface area (Å²) in [7, 11) is 1.07. The van der Waals surface area contributed by atoms with E-state index in [0.29, 0.717) is 0 Å². The van der Waals surface area contributed by atoms with Crippen molar-refractivity contribution in [2.75, 3.05) is 6.26 Å². The molecular weight excluding hydrogens is 266 g/mol. The summed E-state index contributed by atoms with van der Waals surface area (Å²) in [4.78, 5) is 0.128. The summed E-state index contributed by atoms with van der Waals surface area (Å²) in [5.41, 5.74) is -0.264. The van der Waals surface area contributed by atoms with Crippen molar-refractivity contribution < 1.29 is 17.2 Å². The Hall–Kier alpha value is -0.330. The highest BCUT2D eigenvalue weighted by Crippen LogP contribution is 2.25. The van der Waals surface area contributed by atoms with Gasteiger partial charge in [0.2, 0.25) is 9.05 Å². The van der Waals surface area contributed by atoms with Crippen LogP contribution in [0.3, 0.4) is 0 Å². The third kappa shape index (κ3) is 3.32. The summed E-state index contributed by atoms with van der Waals surface area (Å²) in [6, 6.07) is 2.53. The van der Waals surface area contributed by atoms with Gasteiger partial charge >= 0.3 is 0 Å². The molecule has 2 nitrogen and oxygen atoms in total. The van der Waals surface area contributed by atoms with Crippen LogP contribution in [0.15, 0.2) is 17.0 Å². The van der Waals surface area contributed by atoms with E-state index in [-0.39, 0.29) is 10.5 Å². The van der Waals surface area contributed by atoms with Crippen molar-refractivity contribution in [2.45, 2.75) is 10.6 Å². The third-order valence-electron chi connectivity index (χ3n) is 1.67. The highest BCUT2D eigenvalue weighted by molar-refractivity contribution is 8.13. The molecule has 0 bridgehead atoms. The largest absolute Gasteiger partial charge is 0.236 e. The molecule has 0 aliphatic carbocycles. The second kappa shape index (κ2) is 4.67. The zero-order valence-corrected chi connectivity index (χ0v) is 10.0. The average Bonchev–Trinajstić information content (AvgIpc) is 2.11. The molecule has 0 N–H and O–H groups in total. The van der Waals surface area contributed by atoms with Crippen LogP contribution in [0.2, 0.25) is 0 Å². The van der Waals surface area contributed by atoms with Gasteiger partial charge in [-0.2, -0.15) is 0 Å². The van der Waals surface area contributed by atoms with Gasteiger partial charge in [0.05, 0.1) is 5.75 Å². The lowest BCUT2D eigenvalue weighted by Crippen LogP contribution is -2.01. The molecule has 1 rings (SSSR count). The molecule has 0 radical (unpaired) electrons. The molecule has 0 spiro atoms. The maximum atomic E-state index is 13.3. The topological polar surface area (TPSA) is 34.1 Å². The van der Waals surface area contributed by atoms with Crippen LogP contribution in [-0.4, -0.2) is 14.7 Å². The van der Waals surface area contributed by atoms with E-state index in [2.05, 4.69) is 0 Å². The first-order valence-corrected chi connectivity index (χ1v) is 7.48. The highest BCUT2D eigenvalue weighted by atomic mass is 35.7. The molecule has 1 aromatic carbocycles. The maximum absolute atomic E-state index is 13.3. The molecular formula is C8H7ClF2O2S2. The van der Waals surface area contributed by atoms with Gasteiger partial charge in [-0.25, -0.2) is 17.2 Å². The minimum Gasteiger partial charge on any atom is -0.212 e. The van der Waals surface area contributed by atoms with E-state index in [1.54, 1.807) is 6.26 Å². The molecule has 15 heavy (non-hydrogen) atoms. The third-order valence-corrected chi connectivity index (χ3v) is 3.41. The van der Waals surface area contributed by atoms with Crippen molar-refractivity contribution in [3.05, 3.63) is 29.3 Å². The van der Waals surface area contributed by atoms with Crippen LogP contribution in [0.5, 0.6) is 0 Å². The summed E-state index contributed by atoms with van der Waals surface area (Å²) in [5, 5.41) is 0. The van der Waals surface area contributed by atoms with Gasteiger partial charge in [-0.15, -0.1) is 11.8 Å². The Morgan fingerprint density at radius 1 is 1.33 bits per heavy atom. The number of hydrogen-bond donors (Lipinski definition) is 0. The number of halogens is 3. The van der Waals surface area contributed by atoms with Crippen LogP contribution >= 0.6 is 22.4 Å². The van der Waals surface area contributed by atoms with Gasteiger partial charge in [0.15, 0.2) is 11.6 Å². The van der Waals surface area contributed by atoms with E-state index in [1.165, 1.54) is 12.1 Å². The normalized spacial score (nSPS) is 11.7. The Kier molecular flexibility index (Phi) is 3.97. The van der Waals surface area contributed by atoms with Gasteiger partial charge < -0.3 is 0 Å². The molecule has 0 aromatic heterocycles. The van der Waals surface area contributed by atoms with Gasteiger partial charge in [-0.05, 0) is 12.3 Å². The summed E-state index contributed by atoms with van der Waals surface area (Å²) in [6.45, 7) is 0. The van der Waals surface area contributed by atoms with Crippen LogP contribution in [0, 0.1) is 11.6 Å². The van der Waals surface area contributed by atoms with Crippen LogP contribution in [0.25, 0.3) is 0 Å². The lowest BCUT2D eigenvalue weighted by Gasteiger charge is -2.04. The monoisotopic (exact) mass is 272 g/mol. The van der Waals surface area contributed by atoms with Crippen LogP contribution < -0.4 is 0 Å². The lowest BCUT2D eigenvalue weighted by atomic mass is 10.2. The molecule has 0 fully saturated rings. The first kappa shape index (κ1) is 12.7. The fourth-order valence-corrected chi connectivity index (χ4v) is 2.45. The van der Waals surface area contributed by atoms with Gasteiger partial charge in [0, 0.05) is 21.1 Å². The molecule has 0 unspecified atom stereocenters. The van der Waals surface area contributed by atoms with E-state index in [1.807, 2.05) is 0 Å². The van der Waals surface area contributed by atoms with Crippen molar-refractivity contribution in [3.63, 3.8) is 0 Å². The smallest absolute Gasteiger partial charge is 0.212 e. The molecule has 0 heterocycles. The van der Waals surface area contributed by atoms with E-state index < -0.39 is 26.4 Å². The molecule has 0 amide bonds. The summed E-state index contributed by atoms with van der Waals surface area (Å²) < 4.78 is 47.9. The molecule has 1 aromatic rings. The number of rotatable bonds is 3. The lowest BCUT2D eigenvalue weighted by molar-refractivity contribution is 0.485. The molecule has 0 aliphatic heterocycles. The number of hydrogen-bond acceptors (Lipinski definition) is 3. The Morgan fingerprint density at radius 3 is 2.40 bits per heavy atom. The molecule has 0 saturated carbocycles. The molecule has 7 heteroatoms. The van der Waals surface area contributed by atoms with Crippen LogP contribution in [0.4, 0.5) is 8.78 Å². The number of thioether (sulfide) groups is 1. The van der Waals surface area contributed by atoms with Gasteiger partial charge in [-0.3, -0.25) is 0 Å². The van der Waals surface area contributed by atoms with Gasteiger partial charge in [0.25, 0.3) is 0 Å². The van der Waals surface area contributed by atoms with E-state index in [9.17, 15) is 17.2 Å². The van der Waals surface area contributed by atoms with E-state index in [4.69, 9.17) is 10.7 Å². The van der Waals surface area contributed by atoms with Crippen molar-refractivity contribution in [1.29, 1.82) is 0 Å². The van der Waals surface area contributed by atoms with Crippen molar-refractivity contribution in [3.8, 4) is 0 Å². The summed E-state index contributed by atoms with van der Waals surface area (Å²) >= 11 is 1.04. The van der Waals surface area contributed by atoms with Crippen LogP contribution in [0.1, 0.15) is 5.56 Å². The first-order valence-electron chi connectivity index (χ1n) is 3.78. The highest BCUT2D eigenvalue weighted by Gasteiger charge is 2.17. The van der Waals surface area contributed by atoms with Gasteiger partial charge in [0.1, 0.15) is 0 Å². The average molecular weight is 273 g/mol. The molecule has 0 aliphatic rings. The van der Waals surface area contributed by atoms with Crippen molar-refractivity contribution in [2.24, 2.45) is 0 Å². The predicted octanol–water partition coefficient (Wildman–Crippen LogP) is 2.76. The zero-order chi connectivity index (χ0) is 11.6. The Bertz CT molecular complexity index is 474. The SMILES string of the molecule is CSc1ccc(CS(=O)(=O)Cl)c(F)c1F. The first-order chi connectivity index (χ1) is 6.85. The van der Waals surface area contributed by atoms with Gasteiger partial charge in [-0.1, -0.05) is 6.07 Å². The standard InChI is InChI=1S/C8H7ClF2O2S2/c1-14-6-3-2-5(4-15(9,12)13)7(10)8(6)11/h2-3H,4H2,1H3. The Morgan fingerprint density at radius 2 is 1.93 bits per heavy atom. The van der Waals surface area contributed by atoms with Crippen molar-refractivity contribution in [1.82, 2.24) is 0 Å². The number of benzene rings is 1.